The van der Waals surface area contributed by atoms with Crippen molar-refractivity contribution in [1.82, 2.24) is 4.98 Å². The quantitative estimate of drug-likeness (QED) is 0.649. The zero-order chi connectivity index (χ0) is 14.1. The number of nitrogens with zero attached hydrogens (tertiary/aromatic N) is 1. The number of pyridine rings is 1. The Bertz CT molecular complexity index is 756. The summed E-state index contributed by atoms with van der Waals surface area (Å²) in [6, 6.07) is 11.9. The number of thiophene rings is 1. The third kappa shape index (κ3) is 2.96. The van der Waals surface area contributed by atoms with E-state index in [1.54, 1.807) is 11.3 Å². The van der Waals surface area contributed by atoms with Crippen molar-refractivity contribution in [3.8, 4) is 0 Å². The average Bonchev–Trinajstić information content (AvgIpc) is 2.83. The minimum absolute atomic E-state index is 0.570. The van der Waals surface area contributed by atoms with Crippen molar-refractivity contribution >= 4 is 54.1 Å². The summed E-state index contributed by atoms with van der Waals surface area (Å²) in [7, 11) is 0. The molecular formula is C15H11Br2NOS. The van der Waals surface area contributed by atoms with Gasteiger partial charge in [0.2, 0.25) is 0 Å². The lowest BCUT2D eigenvalue weighted by Gasteiger charge is -2.12. The van der Waals surface area contributed by atoms with Crippen LogP contribution >= 0.6 is 43.2 Å². The molecule has 1 atom stereocenters. The number of rotatable bonds is 3. The van der Waals surface area contributed by atoms with Crippen LogP contribution in [0.15, 0.2) is 50.7 Å². The highest BCUT2D eigenvalue weighted by Gasteiger charge is 2.16. The highest BCUT2D eigenvalue weighted by Crippen LogP contribution is 2.30. The van der Waals surface area contributed by atoms with E-state index in [4.69, 9.17) is 0 Å². The van der Waals surface area contributed by atoms with E-state index in [2.05, 4.69) is 36.8 Å². The third-order valence-corrected chi connectivity index (χ3v) is 5.39. The molecule has 0 fully saturated rings. The first-order valence-corrected chi connectivity index (χ1v) is 8.56. The molecular weight excluding hydrogens is 402 g/mol. The molecule has 5 heteroatoms. The third-order valence-electron chi connectivity index (χ3n) is 3.04. The Morgan fingerprint density at radius 2 is 2.00 bits per heavy atom. The Balaban J connectivity index is 1.94. The first-order chi connectivity index (χ1) is 9.63. The fraction of sp³-hybridized carbons (Fsp3) is 0.133. The molecule has 0 bridgehead atoms. The fourth-order valence-corrected chi connectivity index (χ4v) is 4.18. The minimum Gasteiger partial charge on any atom is -0.386 e. The average molecular weight is 413 g/mol. The second-order valence-electron chi connectivity index (χ2n) is 4.50. The molecule has 1 unspecified atom stereocenters. The number of halogens is 2. The Morgan fingerprint density at radius 3 is 2.75 bits per heavy atom. The summed E-state index contributed by atoms with van der Waals surface area (Å²) >= 11 is 8.57. The maximum Gasteiger partial charge on any atom is 0.102 e. The van der Waals surface area contributed by atoms with Crippen molar-refractivity contribution in [3.63, 3.8) is 0 Å². The molecule has 3 aromatic rings. The summed E-state index contributed by atoms with van der Waals surface area (Å²) in [6.45, 7) is 0. The molecule has 0 radical (unpaired) electrons. The lowest BCUT2D eigenvalue weighted by Crippen LogP contribution is -2.04. The second kappa shape index (κ2) is 5.93. The van der Waals surface area contributed by atoms with Gasteiger partial charge in [0.15, 0.2) is 0 Å². The summed E-state index contributed by atoms with van der Waals surface area (Å²) in [5.41, 5.74) is 1.59. The highest BCUT2D eigenvalue weighted by atomic mass is 79.9. The fourth-order valence-electron chi connectivity index (χ4n) is 2.09. The summed E-state index contributed by atoms with van der Waals surface area (Å²) in [5.74, 6) is 0. The van der Waals surface area contributed by atoms with Gasteiger partial charge in [0.1, 0.15) is 6.10 Å². The molecule has 1 N–H and O–H groups in total. The van der Waals surface area contributed by atoms with Crippen LogP contribution in [0, 0.1) is 0 Å². The monoisotopic (exact) mass is 411 g/mol. The van der Waals surface area contributed by atoms with Crippen LogP contribution in [-0.4, -0.2) is 10.1 Å². The standard InChI is InChI=1S/C15H11Br2NOS/c16-10-6-11(20-8-10)7-14(19)15-12(17)5-9-3-1-2-4-13(9)18-15/h1-6,8,14,19H,7H2. The summed E-state index contributed by atoms with van der Waals surface area (Å²) in [6.07, 6.45) is -0.0419. The van der Waals surface area contributed by atoms with Crippen LogP contribution in [0.4, 0.5) is 0 Å². The maximum atomic E-state index is 10.4. The first kappa shape index (κ1) is 14.2. The number of para-hydroxylation sites is 1. The van der Waals surface area contributed by atoms with Crippen molar-refractivity contribution in [2.75, 3.05) is 0 Å². The van der Waals surface area contributed by atoms with Crippen molar-refractivity contribution in [3.05, 3.63) is 61.3 Å². The predicted molar refractivity (Wildman–Crippen MR) is 90.1 cm³/mol. The molecule has 0 saturated heterocycles. The number of aliphatic hydroxyl groups excluding tert-OH is 1. The van der Waals surface area contributed by atoms with E-state index >= 15 is 0 Å². The van der Waals surface area contributed by atoms with E-state index in [-0.39, 0.29) is 0 Å². The number of hydrogen-bond donors (Lipinski definition) is 1. The largest absolute Gasteiger partial charge is 0.386 e. The van der Waals surface area contributed by atoms with Crippen molar-refractivity contribution in [2.45, 2.75) is 12.5 Å². The van der Waals surface area contributed by atoms with Gasteiger partial charge in [0.05, 0.1) is 11.2 Å². The molecule has 0 saturated carbocycles. The SMILES string of the molecule is OC(Cc1cc(Br)cs1)c1nc2ccccc2cc1Br. The second-order valence-corrected chi connectivity index (χ2v) is 7.27. The van der Waals surface area contributed by atoms with Crippen molar-refractivity contribution in [1.29, 1.82) is 0 Å². The van der Waals surface area contributed by atoms with Crippen LogP contribution in [-0.2, 0) is 6.42 Å². The topological polar surface area (TPSA) is 33.1 Å². The van der Waals surface area contributed by atoms with Gasteiger partial charge in [-0.3, -0.25) is 0 Å². The number of fused-ring (bicyclic) bond motifs is 1. The lowest BCUT2D eigenvalue weighted by molar-refractivity contribution is 0.174. The number of aliphatic hydroxyl groups is 1. The smallest absolute Gasteiger partial charge is 0.102 e. The summed E-state index contributed by atoms with van der Waals surface area (Å²) in [4.78, 5) is 5.70. The summed E-state index contributed by atoms with van der Waals surface area (Å²) < 4.78 is 1.90. The van der Waals surface area contributed by atoms with Crippen LogP contribution in [0.25, 0.3) is 10.9 Å². The van der Waals surface area contributed by atoms with Crippen LogP contribution in [0.1, 0.15) is 16.7 Å². The van der Waals surface area contributed by atoms with Crippen LogP contribution in [0.2, 0.25) is 0 Å². The van der Waals surface area contributed by atoms with Gasteiger partial charge in [-0.25, -0.2) is 4.98 Å². The van der Waals surface area contributed by atoms with E-state index < -0.39 is 6.10 Å². The van der Waals surface area contributed by atoms with Gasteiger partial charge in [-0.2, -0.15) is 0 Å². The predicted octanol–water partition coefficient (Wildman–Crippen LogP) is 5.10. The van der Waals surface area contributed by atoms with Crippen LogP contribution in [0.3, 0.4) is 0 Å². The molecule has 2 aromatic heterocycles. The van der Waals surface area contributed by atoms with Gasteiger partial charge in [0, 0.05) is 31.0 Å². The molecule has 0 spiro atoms. The van der Waals surface area contributed by atoms with Gasteiger partial charge in [-0.1, -0.05) is 18.2 Å². The van der Waals surface area contributed by atoms with Gasteiger partial charge >= 0.3 is 0 Å². The molecule has 3 rings (SSSR count). The van der Waals surface area contributed by atoms with Crippen LogP contribution in [0.5, 0.6) is 0 Å². The molecule has 0 amide bonds. The number of benzene rings is 1. The number of hydrogen-bond acceptors (Lipinski definition) is 3. The molecule has 0 aliphatic rings. The Hall–Kier alpha value is -0.750. The van der Waals surface area contributed by atoms with Gasteiger partial charge in [0.25, 0.3) is 0 Å². The highest BCUT2D eigenvalue weighted by molar-refractivity contribution is 9.10. The molecule has 0 aliphatic carbocycles. The Morgan fingerprint density at radius 1 is 1.20 bits per heavy atom. The molecule has 2 heterocycles. The molecule has 2 nitrogen and oxygen atoms in total. The van der Waals surface area contributed by atoms with E-state index in [0.717, 1.165) is 24.7 Å². The number of aromatic nitrogens is 1. The van der Waals surface area contributed by atoms with Gasteiger partial charge in [-0.05, 0) is 50.1 Å². The van der Waals surface area contributed by atoms with Gasteiger partial charge < -0.3 is 5.11 Å². The minimum atomic E-state index is -0.612. The lowest BCUT2D eigenvalue weighted by atomic mass is 10.1. The van der Waals surface area contributed by atoms with Crippen LogP contribution < -0.4 is 0 Å². The zero-order valence-electron chi connectivity index (χ0n) is 10.4. The zero-order valence-corrected chi connectivity index (χ0v) is 14.4. The normalized spacial score (nSPS) is 12.8. The van der Waals surface area contributed by atoms with E-state index in [1.807, 2.05) is 41.8 Å². The van der Waals surface area contributed by atoms with E-state index in [9.17, 15) is 5.11 Å². The van der Waals surface area contributed by atoms with Gasteiger partial charge in [-0.15, -0.1) is 11.3 Å². The molecule has 102 valence electrons. The maximum absolute atomic E-state index is 10.4. The molecule has 1 aromatic carbocycles. The Kier molecular flexibility index (Phi) is 4.21. The van der Waals surface area contributed by atoms with E-state index in [1.165, 1.54) is 0 Å². The molecule has 0 aliphatic heterocycles. The van der Waals surface area contributed by atoms with Crippen molar-refractivity contribution < 1.29 is 5.11 Å². The molecule has 20 heavy (non-hydrogen) atoms. The summed E-state index contributed by atoms with van der Waals surface area (Å²) in [5, 5.41) is 13.5. The Labute approximate surface area is 137 Å². The van der Waals surface area contributed by atoms with E-state index in [0.29, 0.717) is 12.1 Å². The van der Waals surface area contributed by atoms with Crippen molar-refractivity contribution in [2.24, 2.45) is 0 Å². The first-order valence-electron chi connectivity index (χ1n) is 6.09.